The number of aromatic nitrogens is 2. The molecule has 0 unspecified atom stereocenters. The molecule has 2 aromatic heterocycles. The third-order valence-corrected chi connectivity index (χ3v) is 1.98. The molecule has 0 saturated carbocycles. The van der Waals surface area contributed by atoms with Gasteiger partial charge in [-0.2, -0.15) is 0 Å². The zero-order valence-corrected chi connectivity index (χ0v) is 8.22. The van der Waals surface area contributed by atoms with Crippen molar-refractivity contribution in [2.45, 2.75) is 6.54 Å². The van der Waals surface area contributed by atoms with Crippen molar-refractivity contribution in [3.05, 3.63) is 48.4 Å². The Morgan fingerprint density at radius 1 is 1.27 bits per heavy atom. The van der Waals surface area contributed by atoms with Crippen LogP contribution in [0, 0.1) is 0 Å². The highest BCUT2D eigenvalue weighted by Gasteiger charge is 1.95. The second-order valence-corrected chi connectivity index (χ2v) is 3.19. The summed E-state index contributed by atoms with van der Waals surface area (Å²) in [6.45, 7) is 0.699. The standard InChI is InChI=1S/C11H12N4/c12-10-3-5-14-11(6-10)15-8-9-2-1-4-13-7-9/h1-7H,8H2,(H3,12,14,15). The van der Waals surface area contributed by atoms with Crippen molar-refractivity contribution in [3.63, 3.8) is 0 Å². The molecular weight excluding hydrogens is 188 g/mol. The van der Waals surface area contributed by atoms with Gasteiger partial charge in [0.1, 0.15) is 5.82 Å². The van der Waals surface area contributed by atoms with Gasteiger partial charge in [-0.05, 0) is 17.7 Å². The first-order valence-electron chi connectivity index (χ1n) is 4.69. The third kappa shape index (κ3) is 2.67. The van der Waals surface area contributed by atoms with Crippen molar-refractivity contribution in [1.29, 1.82) is 0 Å². The van der Waals surface area contributed by atoms with Gasteiger partial charge in [-0.1, -0.05) is 6.07 Å². The van der Waals surface area contributed by atoms with E-state index in [0.717, 1.165) is 11.4 Å². The van der Waals surface area contributed by atoms with Crippen LogP contribution in [0.4, 0.5) is 11.5 Å². The molecule has 2 rings (SSSR count). The van der Waals surface area contributed by atoms with E-state index in [-0.39, 0.29) is 0 Å². The molecule has 2 heterocycles. The fourth-order valence-electron chi connectivity index (χ4n) is 1.24. The molecule has 0 amide bonds. The zero-order valence-electron chi connectivity index (χ0n) is 8.22. The normalized spacial score (nSPS) is 9.87. The number of hydrogen-bond acceptors (Lipinski definition) is 4. The van der Waals surface area contributed by atoms with Crippen molar-refractivity contribution in [2.75, 3.05) is 11.1 Å². The molecular formula is C11H12N4. The lowest BCUT2D eigenvalue weighted by Crippen LogP contribution is -2.01. The molecule has 0 radical (unpaired) electrons. The van der Waals surface area contributed by atoms with Gasteiger partial charge in [-0.15, -0.1) is 0 Å². The first-order valence-corrected chi connectivity index (χ1v) is 4.69. The Hall–Kier alpha value is -2.10. The van der Waals surface area contributed by atoms with Crippen LogP contribution in [0.15, 0.2) is 42.9 Å². The minimum atomic E-state index is 0.699. The van der Waals surface area contributed by atoms with Crippen LogP contribution in [-0.4, -0.2) is 9.97 Å². The SMILES string of the molecule is Nc1ccnc(NCc2cccnc2)c1. The van der Waals surface area contributed by atoms with Crippen LogP contribution in [0.2, 0.25) is 0 Å². The molecule has 0 aliphatic carbocycles. The number of pyridine rings is 2. The Morgan fingerprint density at radius 2 is 2.20 bits per heavy atom. The zero-order chi connectivity index (χ0) is 10.5. The van der Waals surface area contributed by atoms with Gasteiger partial charge in [0.2, 0.25) is 0 Å². The third-order valence-electron chi connectivity index (χ3n) is 1.98. The van der Waals surface area contributed by atoms with Gasteiger partial charge in [-0.3, -0.25) is 4.98 Å². The summed E-state index contributed by atoms with van der Waals surface area (Å²) in [6, 6.07) is 7.47. The topological polar surface area (TPSA) is 63.8 Å². The van der Waals surface area contributed by atoms with E-state index in [2.05, 4.69) is 15.3 Å². The van der Waals surface area contributed by atoms with E-state index in [1.807, 2.05) is 18.3 Å². The number of rotatable bonds is 3. The van der Waals surface area contributed by atoms with E-state index in [1.54, 1.807) is 24.5 Å². The Bertz CT molecular complexity index is 428. The predicted octanol–water partition coefficient (Wildman–Crippen LogP) is 1.67. The average molecular weight is 200 g/mol. The van der Waals surface area contributed by atoms with Crippen LogP contribution in [-0.2, 0) is 6.54 Å². The van der Waals surface area contributed by atoms with Gasteiger partial charge < -0.3 is 11.1 Å². The Morgan fingerprint density at radius 3 is 2.93 bits per heavy atom. The van der Waals surface area contributed by atoms with Crippen molar-refractivity contribution in [1.82, 2.24) is 9.97 Å². The second kappa shape index (κ2) is 4.41. The molecule has 0 atom stereocenters. The monoisotopic (exact) mass is 200 g/mol. The molecule has 0 bridgehead atoms. The van der Waals surface area contributed by atoms with E-state index in [1.165, 1.54) is 0 Å². The Kier molecular flexibility index (Phi) is 2.78. The molecule has 0 aliphatic rings. The first-order chi connectivity index (χ1) is 7.34. The molecule has 76 valence electrons. The smallest absolute Gasteiger partial charge is 0.128 e. The van der Waals surface area contributed by atoms with Crippen LogP contribution in [0.1, 0.15) is 5.56 Å². The first kappa shape index (κ1) is 9.45. The number of nitrogens with one attached hydrogen (secondary N) is 1. The summed E-state index contributed by atoms with van der Waals surface area (Å²) in [7, 11) is 0. The maximum absolute atomic E-state index is 5.64. The summed E-state index contributed by atoms with van der Waals surface area (Å²) in [5, 5.41) is 3.17. The van der Waals surface area contributed by atoms with E-state index >= 15 is 0 Å². The van der Waals surface area contributed by atoms with Crippen molar-refractivity contribution in [2.24, 2.45) is 0 Å². The van der Waals surface area contributed by atoms with Crippen LogP contribution in [0.25, 0.3) is 0 Å². The lowest BCUT2D eigenvalue weighted by atomic mass is 10.3. The summed E-state index contributed by atoms with van der Waals surface area (Å²) in [5.74, 6) is 0.777. The van der Waals surface area contributed by atoms with Crippen molar-refractivity contribution >= 4 is 11.5 Å². The highest BCUT2D eigenvalue weighted by molar-refractivity contribution is 5.48. The quantitative estimate of drug-likeness (QED) is 0.791. The van der Waals surface area contributed by atoms with Crippen LogP contribution < -0.4 is 11.1 Å². The minimum absolute atomic E-state index is 0.699. The molecule has 0 saturated heterocycles. The summed E-state index contributed by atoms with van der Waals surface area (Å²) in [4.78, 5) is 8.17. The fraction of sp³-hybridized carbons (Fsp3) is 0.0909. The van der Waals surface area contributed by atoms with Crippen molar-refractivity contribution in [3.8, 4) is 0 Å². The van der Waals surface area contributed by atoms with Crippen LogP contribution in [0.5, 0.6) is 0 Å². The number of nitrogens with zero attached hydrogens (tertiary/aromatic N) is 2. The molecule has 15 heavy (non-hydrogen) atoms. The molecule has 4 heteroatoms. The van der Waals surface area contributed by atoms with E-state index in [4.69, 9.17) is 5.73 Å². The van der Waals surface area contributed by atoms with Crippen molar-refractivity contribution < 1.29 is 0 Å². The Balaban J connectivity index is 1.99. The Labute approximate surface area is 88.2 Å². The lowest BCUT2D eigenvalue weighted by molar-refractivity contribution is 1.09. The maximum Gasteiger partial charge on any atom is 0.128 e. The van der Waals surface area contributed by atoms with Gasteiger partial charge in [0.05, 0.1) is 0 Å². The highest BCUT2D eigenvalue weighted by atomic mass is 15.0. The molecule has 3 N–H and O–H groups in total. The van der Waals surface area contributed by atoms with Crippen LogP contribution in [0.3, 0.4) is 0 Å². The van der Waals surface area contributed by atoms with E-state index in [9.17, 15) is 0 Å². The lowest BCUT2D eigenvalue weighted by Gasteiger charge is -2.05. The predicted molar refractivity (Wildman–Crippen MR) is 60.2 cm³/mol. The van der Waals surface area contributed by atoms with Gasteiger partial charge in [0.25, 0.3) is 0 Å². The highest BCUT2D eigenvalue weighted by Crippen LogP contribution is 2.09. The summed E-state index contributed by atoms with van der Waals surface area (Å²) >= 11 is 0. The van der Waals surface area contributed by atoms with Crippen LogP contribution >= 0.6 is 0 Å². The molecule has 0 fully saturated rings. The summed E-state index contributed by atoms with van der Waals surface area (Å²) in [6.07, 6.45) is 5.25. The molecule has 0 aliphatic heterocycles. The van der Waals surface area contributed by atoms with E-state index in [0.29, 0.717) is 12.2 Å². The number of hydrogen-bond donors (Lipinski definition) is 2. The number of anilines is 2. The van der Waals surface area contributed by atoms with Gasteiger partial charge in [0, 0.05) is 36.9 Å². The summed E-state index contributed by atoms with van der Waals surface area (Å²) in [5.41, 5.74) is 7.46. The minimum Gasteiger partial charge on any atom is -0.399 e. The average Bonchev–Trinajstić information content (AvgIpc) is 2.28. The van der Waals surface area contributed by atoms with Gasteiger partial charge in [0.15, 0.2) is 0 Å². The van der Waals surface area contributed by atoms with E-state index < -0.39 is 0 Å². The molecule has 4 nitrogen and oxygen atoms in total. The molecule has 2 aromatic rings. The maximum atomic E-state index is 5.64. The fourth-order valence-corrected chi connectivity index (χ4v) is 1.24. The molecule has 0 aromatic carbocycles. The second-order valence-electron chi connectivity index (χ2n) is 3.19. The number of nitrogens with two attached hydrogens (primary N) is 1. The molecule has 0 spiro atoms. The number of nitrogen functional groups attached to an aromatic ring is 1. The van der Waals surface area contributed by atoms with Gasteiger partial charge in [-0.25, -0.2) is 4.98 Å². The summed E-state index contributed by atoms with van der Waals surface area (Å²) < 4.78 is 0. The largest absolute Gasteiger partial charge is 0.399 e. The van der Waals surface area contributed by atoms with Gasteiger partial charge >= 0.3 is 0 Å².